The van der Waals surface area contributed by atoms with Gasteiger partial charge in [0.2, 0.25) is 0 Å². The molecule has 0 aliphatic heterocycles. The Balaban J connectivity index is 2.50. The molecule has 0 aliphatic carbocycles. The Kier molecular flexibility index (Phi) is 3.27. The number of nitrogens with zero attached hydrogens (tertiary/aromatic N) is 1. The highest BCUT2D eigenvalue weighted by atomic mass is 19.3. The fourth-order valence-electron chi connectivity index (χ4n) is 0.616. The van der Waals surface area contributed by atoms with Crippen molar-refractivity contribution in [2.24, 2.45) is 0 Å². The lowest BCUT2D eigenvalue weighted by Gasteiger charge is -2.00. The number of hydrogen-bond acceptors (Lipinski definition) is 4. The van der Waals surface area contributed by atoms with Crippen molar-refractivity contribution < 1.29 is 23.4 Å². The number of carbonyl (C=O) groups excluding carboxylic acids is 1. The van der Waals surface area contributed by atoms with Crippen molar-refractivity contribution in [2.45, 2.75) is 6.61 Å². The summed E-state index contributed by atoms with van der Waals surface area (Å²) in [4.78, 5) is 21.6. The summed E-state index contributed by atoms with van der Waals surface area (Å²) in [7, 11) is 0. The number of alkyl halides is 2. The van der Waals surface area contributed by atoms with Crippen LogP contribution < -0.4 is 0 Å². The summed E-state index contributed by atoms with van der Waals surface area (Å²) in [5.74, 6) is -0.984. The minimum atomic E-state index is -3.13. The summed E-state index contributed by atoms with van der Waals surface area (Å²) in [5, 5.41) is 0. The summed E-state index contributed by atoms with van der Waals surface area (Å²) >= 11 is 0. The summed E-state index contributed by atoms with van der Waals surface area (Å²) in [6.07, 6.45) is 2.66. The Morgan fingerprint density at radius 2 is 2.00 bits per heavy atom. The molecule has 13 heavy (non-hydrogen) atoms. The summed E-state index contributed by atoms with van der Waals surface area (Å²) < 4.78 is 22.8. The second-order valence-electron chi connectivity index (χ2n) is 1.96. The lowest BCUT2D eigenvalue weighted by molar-refractivity contribution is -0.343. The number of rotatable bonds is 3. The maximum atomic E-state index is 11.4. The molecule has 0 N–H and O–H groups in total. The molecule has 1 rings (SSSR count). The zero-order chi connectivity index (χ0) is 9.68. The van der Waals surface area contributed by atoms with Crippen LogP contribution in [0.25, 0.3) is 0 Å². The van der Waals surface area contributed by atoms with E-state index in [1.54, 1.807) is 0 Å². The van der Waals surface area contributed by atoms with E-state index in [0.29, 0.717) is 0 Å². The molecule has 4 nitrogen and oxygen atoms in total. The average molecular weight is 189 g/mol. The van der Waals surface area contributed by atoms with Crippen LogP contribution >= 0.6 is 0 Å². The highest BCUT2D eigenvalue weighted by Crippen LogP contribution is 2.02. The Morgan fingerprint density at radius 3 is 2.54 bits per heavy atom. The molecule has 0 aliphatic rings. The molecular weight excluding hydrogens is 184 g/mol. The van der Waals surface area contributed by atoms with Gasteiger partial charge < -0.3 is 0 Å². The maximum absolute atomic E-state index is 11.4. The van der Waals surface area contributed by atoms with E-state index in [1.165, 1.54) is 24.5 Å². The summed E-state index contributed by atoms with van der Waals surface area (Å²) in [5.41, 5.74) is 0.0932. The molecule has 0 spiro atoms. The van der Waals surface area contributed by atoms with Crippen LogP contribution in [0.4, 0.5) is 8.78 Å². The van der Waals surface area contributed by atoms with Crippen LogP contribution in [-0.2, 0) is 9.78 Å². The third kappa shape index (κ3) is 3.12. The van der Waals surface area contributed by atoms with Crippen LogP contribution in [0.5, 0.6) is 0 Å². The van der Waals surface area contributed by atoms with Gasteiger partial charge in [-0.15, -0.1) is 4.89 Å². The van der Waals surface area contributed by atoms with Crippen LogP contribution in [0, 0.1) is 0 Å². The fourth-order valence-corrected chi connectivity index (χ4v) is 0.616. The van der Waals surface area contributed by atoms with Crippen molar-refractivity contribution in [2.75, 3.05) is 0 Å². The Labute approximate surface area is 72.0 Å². The molecule has 0 unspecified atom stereocenters. The Bertz CT molecular complexity index is 278. The highest BCUT2D eigenvalue weighted by molar-refractivity contribution is 5.88. The van der Waals surface area contributed by atoms with Gasteiger partial charge in [-0.25, -0.2) is 4.79 Å². The monoisotopic (exact) mass is 189 g/mol. The van der Waals surface area contributed by atoms with Crippen LogP contribution in [0.15, 0.2) is 24.5 Å². The second kappa shape index (κ2) is 4.46. The van der Waals surface area contributed by atoms with Gasteiger partial charge in [0.05, 0.1) is 5.56 Å². The van der Waals surface area contributed by atoms with Crippen molar-refractivity contribution in [3.63, 3.8) is 0 Å². The van der Waals surface area contributed by atoms with Crippen LogP contribution in [-0.4, -0.2) is 17.6 Å². The molecule has 0 bridgehead atoms. The Morgan fingerprint density at radius 1 is 1.38 bits per heavy atom. The predicted molar refractivity (Wildman–Crippen MR) is 36.7 cm³/mol. The van der Waals surface area contributed by atoms with E-state index in [2.05, 4.69) is 14.8 Å². The zero-order valence-electron chi connectivity index (χ0n) is 6.31. The first-order chi connectivity index (χ1) is 6.20. The van der Waals surface area contributed by atoms with Crippen molar-refractivity contribution >= 4 is 5.97 Å². The van der Waals surface area contributed by atoms with Gasteiger partial charge in [0.15, 0.2) is 0 Å². The zero-order valence-corrected chi connectivity index (χ0v) is 6.31. The average Bonchev–Trinajstić information content (AvgIpc) is 2.15. The quantitative estimate of drug-likeness (QED) is 0.532. The van der Waals surface area contributed by atoms with Gasteiger partial charge in [0, 0.05) is 12.4 Å². The van der Waals surface area contributed by atoms with E-state index < -0.39 is 12.6 Å². The van der Waals surface area contributed by atoms with Gasteiger partial charge in [0.1, 0.15) is 0 Å². The number of pyridine rings is 1. The molecule has 70 valence electrons. The lowest BCUT2D eigenvalue weighted by atomic mass is 10.3. The fraction of sp³-hybridized carbons (Fsp3) is 0.143. The van der Waals surface area contributed by atoms with Gasteiger partial charge in [-0.05, 0) is 12.1 Å². The van der Waals surface area contributed by atoms with Crippen LogP contribution in [0.1, 0.15) is 10.4 Å². The van der Waals surface area contributed by atoms with E-state index in [1.807, 2.05) is 0 Å². The molecule has 1 heterocycles. The first-order valence-corrected chi connectivity index (χ1v) is 3.26. The van der Waals surface area contributed by atoms with E-state index in [9.17, 15) is 13.6 Å². The maximum Gasteiger partial charge on any atom is 0.381 e. The van der Waals surface area contributed by atoms with Crippen molar-refractivity contribution in [3.8, 4) is 0 Å². The van der Waals surface area contributed by atoms with Crippen molar-refractivity contribution in [1.29, 1.82) is 0 Å². The van der Waals surface area contributed by atoms with E-state index in [4.69, 9.17) is 0 Å². The number of hydrogen-bond donors (Lipinski definition) is 0. The molecule has 0 fully saturated rings. The van der Waals surface area contributed by atoms with E-state index in [-0.39, 0.29) is 5.56 Å². The van der Waals surface area contributed by atoms with Gasteiger partial charge in [-0.3, -0.25) is 9.87 Å². The van der Waals surface area contributed by atoms with E-state index >= 15 is 0 Å². The molecule has 0 amide bonds. The highest BCUT2D eigenvalue weighted by Gasteiger charge is 2.11. The molecule has 0 saturated carbocycles. The SMILES string of the molecule is O=C(OOC(F)F)c1ccncc1. The van der Waals surface area contributed by atoms with Crippen LogP contribution in [0.3, 0.4) is 0 Å². The molecule has 1 aromatic rings. The van der Waals surface area contributed by atoms with Crippen molar-refractivity contribution in [3.05, 3.63) is 30.1 Å². The number of aromatic nitrogens is 1. The largest absolute Gasteiger partial charge is 0.381 e. The normalized spacial score (nSPS) is 10.1. The summed E-state index contributed by atoms with van der Waals surface area (Å²) in [6, 6.07) is 2.63. The molecule has 0 aromatic carbocycles. The van der Waals surface area contributed by atoms with E-state index in [0.717, 1.165) is 0 Å². The summed E-state index contributed by atoms with van der Waals surface area (Å²) in [6.45, 7) is -3.13. The molecule has 6 heteroatoms. The smallest absolute Gasteiger partial charge is 0.287 e. The lowest BCUT2D eigenvalue weighted by Crippen LogP contribution is -2.09. The minimum Gasteiger partial charge on any atom is -0.287 e. The first kappa shape index (κ1) is 9.53. The molecule has 0 atom stereocenters. The second-order valence-corrected chi connectivity index (χ2v) is 1.96. The van der Waals surface area contributed by atoms with Gasteiger partial charge >= 0.3 is 12.6 Å². The molecule has 1 aromatic heterocycles. The third-order valence-corrected chi connectivity index (χ3v) is 1.11. The number of carbonyl (C=O) groups is 1. The third-order valence-electron chi connectivity index (χ3n) is 1.11. The van der Waals surface area contributed by atoms with Gasteiger partial charge in [0.25, 0.3) is 0 Å². The first-order valence-electron chi connectivity index (χ1n) is 3.26. The predicted octanol–water partition coefficient (Wildman–Crippen LogP) is 1.39. The molecule has 0 saturated heterocycles. The van der Waals surface area contributed by atoms with Crippen molar-refractivity contribution in [1.82, 2.24) is 4.98 Å². The van der Waals surface area contributed by atoms with Gasteiger partial charge in [-0.2, -0.15) is 8.78 Å². The molecular formula is C7H5F2NO3. The topological polar surface area (TPSA) is 48.4 Å². The minimum absolute atomic E-state index is 0.0932. The standard InChI is InChI=1S/C7H5F2NO3/c8-7(9)13-12-6(11)5-1-3-10-4-2-5/h1-4,7H. The number of halogens is 2. The van der Waals surface area contributed by atoms with Crippen LogP contribution in [0.2, 0.25) is 0 Å². The van der Waals surface area contributed by atoms with Gasteiger partial charge in [-0.1, -0.05) is 0 Å². The Hall–Kier alpha value is -1.56. The molecule has 0 radical (unpaired) electrons.